The van der Waals surface area contributed by atoms with E-state index in [4.69, 9.17) is 10.5 Å². The lowest BCUT2D eigenvalue weighted by molar-refractivity contribution is -0.183. The van der Waals surface area contributed by atoms with Crippen molar-refractivity contribution < 1.29 is 48.5 Å². The molecule has 3 aliphatic rings. The second kappa shape index (κ2) is 11.0. The number of amides is 1. The number of hydrogen-bond acceptors (Lipinski definition) is 10. The summed E-state index contributed by atoms with van der Waals surface area (Å²) in [6, 6.07) is 4.43. The number of phenols is 1. The number of carbonyl (C=O) groups excluding carboxylic acids is 7. The molecular weight excluding hydrogens is 522 g/mol. The number of esters is 1. The summed E-state index contributed by atoms with van der Waals surface area (Å²) in [5.41, 5.74) is 2.68. The van der Waals surface area contributed by atoms with Crippen LogP contribution in [0.25, 0.3) is 0 Å². The lowest BCUT2D eigenvalue weighted by atomic mass is 9.47. The van der Waals surface area contributed by atoms with Crippen molar-refractivity contribution >= 4 is 40.8 Å². The van der Waals surface area contributed by atoms with Gasteiger partial charge in [0, 0.05) is 25.2 Å². The zero-order valence-corrected chi connectivity index (χ0v) is 22.4. The fourth-order valence-corrected chi connectivity index (χ4v) is 6.82. The van der Waals surface area contributed by atoms with E-state index in [1.807, 2.05) is 6.92 Å². The Kier molecular flexibility index (Phi) is 8.07. The van der Waals surface area contributed by atoms with E-state index in [1.54, 1.807) is 13.0 Å². The number of Topliss-reactive ketones (excluding diaryl/α,β-unsaturated/α-hetero) is 5. The van der Waals surface area contributed by atoms with Crippen LogP contribution in [0.4, 0.5) is 0 Å². The minimum Gasteiger partial charge on any atom is -0.507 e. The number of nitrogens with two attached hydrogens (primary N) is 1. The standard InChI is InChI=1S/C29H33NO10/c1-3-4-10-40-20(34)9-8-14(31)11-16-17-12-19(33)23(28(30)38)26(36)29(17,39)27(37)24-21(16)13(2)15-6-5-7-18(32)22(15)25(24)35/h5-7,13,16-17,21,23-24,32,39H,3-4,8-12H2,1-2H3,(H2,30,38)/t13-,16+,17+,21-,23?,24?,29+/m0/s1. The largest absolute Gasteiger partial charge is 0.507 e. The van der Waals surface area contributed by atoms with Crippen LogP contribution in [0.2, 0.25) is 0 Å². The number of primary amides is 1. The van der Waals surface area contributed by atoms with Gasteiger partial charge in [-0.1, -0.05) is 32.4 Å². The van der Waals surface area contributed by atoms with E-state index in [9.17, 15) is 43.8 Å². The molecule has 40 heavy (non-hydrogen) atoms. The minimum atomic E-state index is -2.91. The van der Waals surface area contributed by atoms with Gasteiger partial charge < -0.3 is 20.7 Å². The third-order valence-corrected chi connectivity index (χ3v) is 8.76. The number of carbonyl (C=O) groups is 7. The molecule has 11 heteroatoms. The van der Waals surface area contributed by atoms with E-state index in [-0.39, 0.29) is 37.2 Å². The Bertz CT molecular complexity index is 1300. The molecule has 7 atom stereocenters. The summed E-state index contributed by atoms with van der Waals surface area (Å²) >= 11 is 0. The highest BCUT2D eigenvalue weighted by Gasteiger charge is 2.69. The van der Waals surface area contributed by atoms with Crippen molar-refractivity contribution in [3.63, 3.8) is 0 Å². The Morgan fingerprint density at radius 2 is 1.80 bits per heavy atom. The van der Waals surface area contributed by atoms with E-state index in [0.717, 1.165) is 6.42 Å². The summed E-state index contributed by atoms with van der Waals surface area (Å²) in [6.45, 7) is 3.87. The van der Waals surface area contributed by atoms with Crippen molar-refractivity contribution in [2.75, 3.05) is 6.61 Å². The van der Waals surface area contributed by atoms with Crippen LogP contribution in [0.3, 0.4) is 0 Å². The third-order valence-electron chi connectivity index (χ3n) is 8.76. The first-order valence-electron chi connectivity index (χ1n) is 13.5. The molecule has 0 radical (unpaired) electrons. The number of hydrogen-bond donors (Lipinski definition) is 3. The quantitative estimate of drug-likeness (QED) is 0.226. The highest BCUT2D eigenvalue weighted by atomic mass is 16.5. The number of aliphatic hydroxyl groups is 1. The van der Waals surface area contributed by atoms with Gasteiger partial charge in [0.15, 0.2) is 34.7 Å². The van der Waals surface area contributed by atoms with E-state index in [0.29, 0.717) is 12.0 Å². The van der Waals surface area contributed by atoms with Gasteiger partial charge in [0.25, 0.3) is 0 Å². The molecule has 3 aliphatic carbocycles. The summed E-state index contributed by atoms with van der Waals surface area (Å²) < 4.78 is 5.09. The van der Waals surface area contributed by atoms with Gasteiger partial charge in [-0.2, -0.15) is 0 Å². The molecule has 0 spiro atoms. The molecule has 214 valence electrons. The number of benzene rings is 1. The molecule has 4 rings (SSSR count). The van der Waals surface area contributed by atoms with Crippen LogP contribution < -0.4 is 5.73 Å². The van der Waals surface area contributed by atoms with Crippen molar-refractivity contribution in [2.24, 2.45) is 35.3 Å². The zero-order valence-electron chi connectivity index (χ0n) is 22.4. The van der Waals surface area contributed by atoms with Gasteiger partial charge in [0.2, 0.25) is 5.91 Å². The molecule has 2 unspecified atom stereocenters. The van der Waals surface area contributed by atoms with Crippen LogP contribution in [-0.4, -0.2) is 63.2 Å². The van der Waals surface area contributed by atoms with Crippen LogP contribution in [-0.2, 0) is 33.5 Å². The monoisotopic (exact) mass is 555 g/mol. The zero-order chi connectivity index (χ0) is 29.5. The SMILES string of the molecule is CCCCOC(=O)CCC(=O)C[C@H]1[C@H]2C(C(=O)c3c(O)cccc3[C@@H]2C)C(=O)[C@]2(O)C(=O)C(C(N)=O)C(=O)C[C@H]12. The van der Waals surface area contributed by atoms with Gasteiger partial charge >= 0.3 is 5.97 Å². The lowest BCUT2D eigenvalue weighted by Gasteiger charge is -2.54. The maximum Gasteiger partial charge on any atom is 0.306 e. The molecular formula is C29H33NO10. The predicted octanol–water partition coefficient (Wildman–Crippen LogP) is 1.20. The minimum absolute atomic E-state index is 0.114. The number of ketones is 5. The molecule has 0 aliphatic heterocycles. The van der Waals surface area contributed by atoms with Crippen molar-refractivity contribution in [2.45, 2.75) is 63.9 Å². The van der Waals surface area contributed by atoms with E-state index < -0.39 is 88.3 Å². The first kappa shape index (κ1) is 29.3. The number of rotatable bonds is 9. The lowest BCUT2D eigenvalue weighted by Crippen LogP contribution is -2.71. The van der Waals surface area contributed by atoms with E-state index in [2.05, 4.69) is 0 Å². The second-order valence-electron chi connectivity index (χ2n) is 11.0. The maximum absolute atomic E-state index is 13.9. The average molecular weight is 556 g/mol. The Hall–Kier alpha value is -3.73. The van der Waals surface area contributed by atoms with Crippen molar-refractivity contribution in [1.82, 2.24) is 0 Å². The van der Waals surface area contributed by atoms with Gasteiger partial charge in [0.1, 0.15) is 11.5 Å². The number of ether oxygens (including phenoxy) is 1. The van der Waals surface area contributed by atoms with Crippen LogP contribution in [0.5, 0.6) is 5.75 Å². The Labute approximate surface area is 230 Å². The summed E-state index contributed by atoms with van der Waals surface area (Å²) in [5, 5.41) is 22.2. The van der Waals surface area contributed by atoms with Gasteiger partial charge in [-0.3, -0.25) is 33.6 Å². The highest BCUT2D eigenvalue weighted by Crippen LogP contribution is 2.57. The van der Waals surface area contributed by atoms with Gasteiger partial charge in [0.05, 0.1) is 24.5 Å². The molecule has 2 saturated carbocycles. The van der Waals surface area contributed by atoms with Crippen molar-refractivity contribution in [3.05, 3.63) is 29.3 Å². The second-order valence-corrected chi connectivity index (χ2v) is 11.0. The Morgan fingerprint density at radius 3 is 2.45 bits per heavy atom. The normalized spacial score (nSPS) is 31.2. The molecule has 0 saturated heterocycles. The first-order valence-corrected chi connectivity index (χ1v) is 13.5. The maximum atomic E-state index is 13.9. The number of unbranched alkanes of at least 4 members (excludes halogenated alkanes) is 1. The number of aromatic hydroxyl groups is 1. The molecule has 0 bridgehead atoms. The first-order chi connectivity index (χ1) is 18.9. The summed E-state index contributed by atoms with van der Waals surface area (Å²) in [4.78, 5) is 91.0. The highest BCUT2D eigenvalue weighted by molar-refractivity contribution is 6.31. The van der Waals surface area contributed by atoms with Crippen LogP contribution in [0.1, 0.15) is 74.2 Å². The van der Waals surface area contributed by atoms with Crippen molar-refractivity contribution in [3.8, 4) is 5.75 Å². The summed E-state index contributed by atoms with van der Waals surface area (Å²) in [6.07, 6.45) is 0.169. The van der Waals surface area contributed by atoms with Crippen LogP contribution in [0.15, 0.2) is 18.2 Å². The summed E-state index contributed by atoms with van der Waals surface area (Å²) in [5.74, 6) is -14.5. The van der Waals surface area contributed by atoms with Crippen LogP contribution in [0, 0.1) is 29.6 Å². The third kappa shape index (κ3) is 4.66. The van der Waals surface area contributed by atoms with Gasteiger partial charge in [-0.25, -0.2) is 0 Å². The topological polar surface area (TPSA) is 195 Å². The van der Waals surface area contributed by atoms with E-state index in [1.165, 1.54) is 12.1 Å². The van der Waals surface area contributed by atoms with Crippen molar-refractivity contribution in [1.29, 1.82) is 0 Å². The molecule has 1 aromatic rings. The van der Waals surface area contributed by atoms with E-state index >= 15 is 0 Å². The number of fused-ring (bicyclic) bond motifs is 3. The number of phenolic OH excluding ortho intramolecular Hbond substituents is 1. The summed E-state index contributed by atoms with van der Waals surface area (Å²) in [7, 11) is 0. The molecule has 0 aromatic heterocycles. The molecule has 0 heterocycles. The smallest absolute Gasteiger partial charge is 0.306 e. The Balaban J connectivity index is 1.74. The average Bonchev–Trinajstić information content (AvgIpc) is 2.89. The fourth-order valence-electron chi connectivity index (χ4n) is 6.82. The Morgan fingerprint density at radius 1 is 1.10 bits per heavy atom. The predicted molar refractivity (Wildman–Crippen MR) is 137 cm³/mol. The molecule has 4 N–H and O–H groups in total. The molecule has 1 aromatic carbocycles. The molecule has 1 amide bonds. The molecule has 2 fully saturated rings. The van der Waals surface area contributed by atoms with Gasteiger partial charge in [-0.05, 0) is 35.8 Å². The van der Waals surface area contributed by atoms with Crippen LogP contribution >= 0.6 is 0 Å². The van der Waals surface area contributed by atoms with Gasteiger partial charge in [-0.15, -0.1) is 0 Å². The molecule has 11 nitrogen and oxygen atoms in total. The fraction of sp³-hybridized carbons (Fsp3) is 0.552.